The fourth-order valence-electron chi connectivity index (χ4n) is 1.38. The second kappa shape index (κ2) is 6.82. The molecule has 17 heavy (non-hydrogen) atoms. The van der Waals surface area contributed by atoms with Crippen LogP contribution in [0.25, 0.3) is 0 Å². The van der Waals surface area contributed by atoms with Crippen molar-refractivity contribution in [1.29, 1.82) is 0 Å². The molecule has 1 rings (SSSR count). The molecule has 0 aliphatic carbocycles. The van der Waals surface area contributed by atoms with Gasteiger partial charge in [0, 0.05) is 18.7 Å². The lowest BCUT2D eigenvalue weighted by atomic mass is 10.2. The van der Waals surface area contributed by atoms with Crippen molar-refractivity contribution in [3.05, 3.63) is 29.0 Å². The highest BCUT2D eigenvalue weighted by atomic mass is 35.5. The van der Waals surface area contributed by atoms with Crippen LogP contribution < -0.4 is 10.1 Å². The highest BCUT2D eigenvalue weighted by Gasteiger charge is 2.10. The van der Waals surface area contributed by atoms with Crippen LogP contribution >= 0.6 is 11.6 Å². The van der Waals surface area contributed by atoms with Crippen LogP contribution in [0.1, 0.15) is 27.2 Å². The standard InChI is InChI=1S/C13H19ClFNO/c1-4-10(8-16-9(2)3)17-11-5-6-13(15)12(14)7-11/h5-7,9-10,16H,4,8H2,1-3H3. The minimum Gasteiger partial charge on any atom is -0.489 e. The molecule has 1 aromatic carbocycles. The third kappa shape index (κ3) is 4.92. The maximum atomic E-state index is 13.0. The molecule has 0 amide bonds. The van der Waals surface area contributed by atoms with Crippen molar-refractivity contribution in [2.75, 3.05) is 6.54 Å². The molecule has 1 atom stereocenters. The Hall–Kier alpha value is -0.800. The van der Waals surface area contributed by atoms with Gasteiger partial charge in [0.25, 0.3) is 0 Å². The van der Waals surface area contributed by atoms with Crippen LogP contribution in [0, 0.1) is 5.82 Å². The summed E-state index contributed by atoms with van der Waals surface area (Å²) in [7, 11) is 0. The van der Waals surface area contributed by atoms with E-state index >= 15 is 0 Å². The van der Waals surface area contributed by atoms with Gasteiger partial charge in [0.2, 0.25) is 0 Å². The summed E-state index contributed by atoms with van der Waals surface area (Å²) >= 11 is 5.70. The maximum Gasteiger partial charge on any atom is 0.142 e. The SMILES string of the molecule is CCC(CNC(C)C)Oc1ccc(F)c(Cl)c1. The lowest BCUT2D eigenvalue weighted by molar-refractivity contribution is 0.190. The summed E-state index contributed by atoms with van der Waals surface area (Å²) in [6, 6.07) is 4.85. The Morgan fingerprint density at radius 3 is 2.65 bits per heavy atom. The van der Waals surface area contributed by atoms with Crippen LogP contribution in [0.2, 0.25) is 5.02 Å². The number of halogens is 2. The van der Waals surface area contributed by atoms with E-state index in [1.54, 1.807) is 6.07 Å². The zero-order valence-electron chi connectivity index (χ0n) is 10.5. The molecule has 0 saturated heterocycles. The van der Waals surface area contributed by atoms with Gasteiger partial charge in [-0.05, 0) is 18.6 Å². The first-order valence-corrected chi connectivity index (χ1v) is 6.25. The van der Waals surface area contributed by atoms with Gasteiger partial charge in [0.1, 0.15) is 17.7 Å². The van der Waals surface area contributed by atoms with E-state index in [9.17, 15) is 4.39 Å². The molecule has 0 aliphatic heterocycles. The fraction of sp³-hybridized carbons (Fsp3) is 0.538. The Balaban J connectivity index is 2.57. The summed E-state index contributed by atoms with van der Waals surface area (Å²) in [4.78, 5) is 0. The van der Waals surface area contributed by atoms with Crippen LogP contribution in [0.4, 0.5) is 4.39 Å². The molecule has 4 heteroatoms. The van der Waals surface area contributed by atoms with Gasteiger partial charge in [0.05, 0.1) is 5.02 Å². The van der Waals surface area contributed by atoms with E-state index in [1.165, 1.54) is 12.1 Å². The fourth-order valence-corrected chi connectivity index (χ4v) is 1.55. The van der Waals surface area contributed by atoms with E-state index in [0.717, 1.165) is 13.0 Å². The molecule has 0 aromatic heterocycles. The Morgan fingerprint density at radius 2 is 2.12 bits per heavy atom. The minimum absolute atomic E-state index is 0.0685. The molecule has 96 valence electrons. The number of benzene rings is 1. The number of hydrogen-bond acceptors (Lipinski definition) is 2. The van der Waals surface area contributed by atoms with Gasteiger partial charge in [-0.25, -0.2) is 4.39 Å². The van der Waals surface area contributed by atoms with Crippen molar-refractivity contribution in [1.82, 2.24) is 5.32 Å². The summed E-state index contributed by atoms with van der Waals surface area (Å²) < 4.78 is 18.7. The molecule has 0 bridgehead atoms. The van der Waals surface area contributed by atoms with Crippen molar-refractivity contribution in [3.8, 4) is 5.75 Å². The highest BCUT2D eigenvalue weighted by Crippen LogP contribution is 2.22. The molecule has 0 aliphatic rings. The predicted molar refractivity (Wildman–Crippen MR) is 69.3 cm³/mol. The molecule has 1 aromatic rings. The number of hydrogen-bond donors (Lipinski definition) is 1. The largest absolute Gasteiger partial charge is 0.489 e. The van der Waals surface area contributed by atoms with E-state index in [-0.39, 0.29) is 11.1 Å². The van der Waals surface area contributed by atoms with Crippen molar-refractivity contribution in [2.24, 2.45) is 0 Å². The molecule has 1 unspecified atom stereocenters. The van der Waals surface area contributed by atoms with Gasteiger partial charge in [0.15, 0.2) is 0 Å². The quantitative estimate of drug-likeness (QED) is 0.842. The van der Waals surface area contributed by atoms with E-state index in [2.05, 4.69) is 26.1 Å². The first kappa shape index (κ1) is 14.3. The lowest BCUT2D eigenvalue weighted by Crippen LogP contribution is -2.34. The summed E-state index contributed by atoms with van der Waals surface area (Å²) in [5, 5.41) is 3.40. The van der Waals surface area contributed by atoms with Crippen LogP contribution in [0.5, 0.6) is 5.75 Å². The smallest absolute Gasteiger partial charge is 0.142 e. The average Bonchev–Trinajstić information content (AvgIpc) is 2.28. The molecule has 2 nitrogen and oxygen atoms in total. The molecule has 0 saturated carbocycles. The van der Waals surface area contributed by atoms with Gasteiger partial charge >= 0.3 is 0 Å². The number of ether oxygens (including phenoxy) is 1. The maximum absolute atomic E-state index is 13.0. The van der Waals surface area contributed by atoms with Crippen molar-refractivity contribution in [2.45, 2.75) is 39.3 Å². The monoisotopic (exact) mass is 259 g/mol. The third-order valence-corrected chi connectivity index (χ3v) is 2.69. The van der Waals surface area contributed by atoms with E-state index in [0.29, 0.717) is 11.8 Å². The first-order valence-electron chi connectivity index (χ1n) is 5.88. The summed E-state index contributed by atoms with van der Waals surface area (Å²) in [6.07, 6.45) is 0.952. The van der Waals surface area contributed by atoms with Gasteiger partial charge in [-0.3, -0.25) is 0 Å². The average molecular weight is 260 g/mol. The Morgan fingerprint density at radius 1 is 1.41 bits per heavy atom. The van der Waals surface area contributed by atoms with Gasteiger partial charge in [-0.2, -0.15) is 0 Å². The molecule has 0 heterocycles. The number of rotatable bonds is 6. The topological polar surface area (TPSA) is 21.3 Å². The van der Waals surface area contributed by atoms with Crippen molar-refractivity contribution >= 4 is 11.6 Å². The van der Waals surface area contributed by atoms with Crippen LogP contribution in [0.3, 0.4) is 0 Å². The molecule has 0 fully saturated rings. The van der Waals surface area contributed by atoms with Gasteiger partial charge < -0.3 is 10.1 Å². The van der Waals surface area contributed by atoms with Crippen LogP contribution in [0.15, 0.2) is 18.2 Å². The third-order valence-electron chi connectivity index (χ3n) is 2.40. The summed E-state index contributed by atoms with van der Waals surface area (Å²) in [6.45, 7) is 6.99. The van der Waals surface area contributed by atoms with Crippen LogP contribution in [-0.2, 0) is 0 Å². The summed E-state index contributed by atoms with van der Waals surface area (Å²) in [5.74, 6) is 0.182. The zero-order chi connectivity index (χ0) is 12.8. The predicted octanol–water partition coefficient (Wildman–Crippen LogP) is 3.63. The Bertz CT molecular complexity index is 357. The Kier molecular flexibility index (Phi) is 5.72. The number of nitrogens with one attached hydrogen (secondary N) is 1. The van der Waals surface area contributed by atoms with Gasteiger partial charge in [-0.1, -0.05) is 32.4 Å². The van der Waals surface area contributed by atoms with Crippen molar-refractivity contribution < 1.29 is 9.13 Å². The molecule has 1 N–H and O–H groups in total. The first-order chi connectivity index (χ1) is 8.02. The molecular formula is C13H19ClFNO. The molecule has 0 spiro atoms. The zero-order valence-corrected chi connectivity index (χ0v) is 11.2. The van der Waals surface area contributed by atoms with Crippen molar-refractivity contribution in [3.63, 3.8) is 0 Å². The van der Waals surface area contributed by atoms with E-state index < -0.39 is 5.82 Å². The van der Waals surface area contributed by atoms with Gasteiger partial charge in [-0.15, -0.1) is 0 Å². The minimum atomic E-state index is -0.424. The highest BCUT2D eigenvalue weighted by molar-refractivity contribution is 6.30. The van der Waals surface area contributed by atoms with E-state index in [1.807, 2.05) is 0 Å². The second-order valence-electron chi connectivity index (χ2n) is 4.29. The second-order valence-corrected chi connectivity index (χ2v) is 4.69. The lowest BCUT2D eigenvalue weighted by Gasteiger charge is -2.19. The molecular weight excluding hydrogens is 241 g/mol. The summed E-state index contributed by atoms with van der Waals surface area (Å²) in [5.41, 5.74) is 0. The van der Waals surface area contributed by atoms with E-state index in [4.69, 9.17) is 16.3 Å². The Labute approximate surface area is 107 Å². The normalized spacial score (nSPS) is 12.8. The molecule has 0 radical (unpaired) electrons. The van der Waals surface area contributed by atoms with Crippen LogP contribution in [-0.4, -0.2) is 18.7 Å².